The molecule has 526 valence electrons. The number of aliphatic hydroxyl groups excluding tert-OH is 6. The molecule has 1 saturated carbocycles. The summed E-state index contributed by atoms with van der Waals surface area (Å²) in [7, 11) is 2.17. The standard InChI is InChI=1S/C62H97N19O13.CH4/c1-77-22-24-78(25-23-77)39-16-19-43-44(26-39)70-59(69-43)35-14-17-40(18-15-35)88-34-38-32-80(75-73-38)21-11-7-5-3-2-4-6-10-20-79-30-36(71-74-79)12-8-9-13-37-31-81(76-72-37)33-47-57(93-61-49(68)54(86)52(84)46(29-64)90-61)55(87)62(91-47)94-58-50(82)41(65)27-42(66)56(58)92-60-48(67)53(85)51(83)45(28-63)89-60;/h14-19,26,30-32,41-42,45-58,60-62,82-87H,2-13,20-25,27-29,33-34,63-68H2,1H3,(H,69,70);1H4/t41-,42?,45?,46+,47-,48?,49?,50?,51-,52-,53-,54?,55+,56-,57+,58-,60-,61-,62?;/m1./s1. The van der Waals surface area contributed by atoms with Gasteiger partial charge in [0, 0.05) is 88.1 Å². The number of aryl methyl sites for hydroxylation is 4. The molecule has 0 spiro atoms. The Labute approximate surface area is 552 Å². The zero-order valence-corrected chi connectivity index (χ0v) is 53.4. The highest BCUT2D eigenvalue weighted by molar-refractivity contribution is 5.83. The summed E-state index contributed by atoms with van der Waals surface area (Å²) in [6, 6.07) is 10.1. The van der Waals surface area contributed by atoms with E-state index in [0.29, 0.717) is 18.7 Å². The molecule has 19 N–H and O–H groups in total. The van der Waals surface area contributed by atoms with E-state index >= 15 is 0 Å². The summed E-state index contributed by atoms with van der Waals surface area (Å²) in [4.78, 5) is 13.1. The number of anilines is 1. The lowest BCUT2D eigenvalue weighted by atomic mass is 9.84. The van der Waals surface area contributed by atoms with Gasteiger partial charge in [-0.15, -0.1) is 15.3 Å². The molecule has 11 rings (SSSR count). The summed E-state index contributed by atoms with van der Waals surface area (Å²) in [6.45, 7) is 5.78. The van der Waals surface area contributed by atoms with Gasteiger partial charge in [0.15, 0.2) is 18.9 Å². The minimum absolute atomic E-state index is 0. The number of H-pyrrole nitrogens is 1. The molecule has 95 heavy (non-hydrogen) atoms. The molecule has 19 atom stereocenters. The van der Waals surface area contributed by atoms with Crippen molar-refractivity contribution in [3.8, 4) is 17.1 Å². The highest BCUT2D eigenvalue weighted by atomic mass is 16.8. The number of piperazine rings is 1. The Kier molecular flexibility index (Phi) is 25.5. The number of nitrogens with one attached hydrogen (secondary N) is 1. The van der Waals surface area contributed by atoms with E-state index in [-0.39, 0.29) is 33.5 Å². The Morgan fingerprint density at radius 2 is 1.07 bits per heavy atom. The summed E-state index contributed by atoms with van der Waals surface area (Å²) >= 11 is 0. The molecule has 4 aromatic heterocycles. The summed E-state index contributed by atoms with van der Waals surface area (Å²) < 4.78 is 48.3. The number of aromatic nitrogens is 11. The topological polar surface area (TPSA) is 469 Å². The number of nitrogens with two attached hydrogens (primary N) is 6. The summed E-state index contributed by atoms with van der Waals surface area (Å²) in [5.74, 6) is 1.59. The summed E-state index contributed by atoms with van der Waals surface area (Å²) in [5, 5.41) is 92.2. The number of nitrogens with zero attached hydrogens (tertiary/aromatic N) is 12. The minimum Gasteiger partial charge on any atom is -0.487 e. The third-order valence-corrected chi connectivity index (χ3v) is 18.8. The number of hydrogen-bond donors (Lipinski definition) is 13. The second kappa shape index (κ2) is 33.6. The van der Waals surface area contributed by atoms with Crippen molar-refractivity contribution >= 4 is 16.7 Å². The molecule has 5 aliphatic rings. The predicted octanol–water partition coefficient (Wildman–Crippen LogP) is -1.52. The van der Waals surface area contributed by atoms with Gasteiger partial charge in [-0.25, -0.2) is 9.67 Å². The SMILES string of the molecule is C.CN1CCN(c2ccc3nc(-c4ccc(OCc5cn(CCCCCCCCCCn6cc(CCCCc7cn(C[C@H]8OC(O[C@@H]9C(O)[C@H](N)CC(N)[C@H]9O[C@H]9OC(CN)[C@@H](O)[C@H](O)C9N)[C@@H](O)[C@H]8O[C@H]8O[C@@H](CN)[C@@H](O)C(O)C8N)nn7)nn6)nn5)cc4)[nH]c3c2)CC1. The van der Waals surface area contributed by atoms with Crippen molar-refractivity contribution in [3.63, 3.8) is 0 Å². The first kappa shape index (κ1) is 71.9. The van der Waals surface area contributed by atoms with Crippen molar-refractivity contribution in [2.45, 2.75) is 233 Å². The van der Waals surface area contributed by atoms with E-state index in [4.69, 9.17) is 72.5 Å². The molecule has 0 radical (unpaired) electrons. The van der Waals surface area contributed by atoms with E-state index < -0.39 is 116 Å². The van der Waals surface area contributed by atoms with Crippen molar-refractivity contribution in [3.05, 3.63) is 78.1 Å². The van der Waals surface area contributed by atoms with Gasteiger partial charge in [-0.3, -0.25) is 9.36 Å². The van der Waals surface area contributed by atoms with Gasteiger partial charge in [0.2, 0.25) is 0 Å². The lowest BCUT2D eigenvalue weighted by Gasteiger charge is -2.47. The van der Waals surface area contributed by atoms with Crippen molar-refractivity contribution in [1.29, 1.82) is 0 Å². The fourth-order valence-electron chi connectivity index (χ4n) is 13.0. The highest BCUT2D eigenvalue weighted by Gasteiger charge is 2.55. The third-order valence-electron chi connectivity index (χ3n) is 18.8. The summed E-state index contributed by atoms with van der Waals surface area (Å²) in [5.41, 5.74) is 43.7. The predicted molar refractivity (Wildman–Crippen MR) is 347 cm³/mol. The van der Waals surface area contributed by atoms with Crippen LogP contribution in [0.5, 0.6) is 5.75 Å². The zero-order valence-electron chi connectivity index (χ0n) is 53.4. The molecule has 0 bridgehead atoms. The Balaban J connectivity index is 0.00000983. The van der Waals surface area contributed by atoms with Gasteiger partial charge in [-0.1, -0.05) is 61.6 Å². The summed E-state index contributed by atoms with van der Waals surface area (Å²) in [6.07, 6.45) is -2.12. The molecular formula is C63H101N19O13. The maximum atomic E-state index is 12.0. The monoisotopic (exact) mass is 1330 g/mol. The lowest BCUT2D eigenvalue weighted by Crippen LogP contribution is -2.68. The molecule has 6 aromatic rings. The zero-order chi connectivity index (χ0) is 66.0. The molecule has 8 heterocycles. The maximum Gasteiger partial charge on any atom is 0.187 e. The Hall–Kier alpha value is -5.83. The van der Waals surface area contributed by atoms with Crippen LogP contribution in [0.1, 0.15) is 95.1 Å². The molecule has 2 aromatic carbocycles. The van der Waals surface area contributed by atoms with Gasteiger partial charge in [0.05, 0.1) is 53.4 Å². The Morgan fingerprint density at radius 3 is 1.67 bits per heavy atom. The average Bonchev–Trinajstić information content (AvgIpc) is 1.78. The number of aromatic amines is 1. The van der Waals surface area contributed by atoms with Crippen LogP contribution in [0.15, 0.2) is 61.1 Å². The minimum atomic E-state index is -1.61. The van der Waals surface area contributed by atoms with Crippen LogP contribution in [-0.4, -0.2) is 253 Å². The first-order valence-corrected chi connectivity index (χ1v) is 33.3. The van der Waals surface area contributed by atoms with E-state index in [1.807, 2.05) is 46.0 Å². The van der Waals surface area contributed by atoms with Crippen LogP contribution in [-0.2, 0) is 67.5 Å². The molecule has 32 nitrogen and oxygen atoms in total. The van der Waals surface area contributed by atoms with Gasteiger partial charge >= 0.3 is 0 Å². The quantitative estimate of drug-likeness (QED) is 0.0220. The molecule has 1 aliphatic carbocycles. The molecule has 4 aliphatic heterocycles. The fourth-order valence-corrected chi connectivity index (χ4v) is 13.0. The first-order valence-electron chi connectivity index (χ1n) is 33.3. The molecule has 0 amide bonds. The molecule has 4 saturated heterocycles. The molecular weight excluding hydrogens is 1230 g/mol. The van der Waals surface area contributed by atoms with Crippen molar-refractivity contribution in [2.75, 3.05) is 51.2 Å². The van der Waals surface area contributed by atoms with Crippen molar-refractivity contribution < 1.29 is 63.8 Å². The molecule has 7 unspecified atom stereocenters. The Morgan fingerprint density at radius 1 is 0.547 bits per heavy atom. The first-order chi connectivity index (χ1) is 45.5. The Bertz CT molecular complexity index is 3260. The van der Waals surface area contributed by atoms with Crippen LogP contribution in [0.4, 0.5) is 5.69 Å². The molecule has 32 heteroatoms. The lowest BCUT2D eigenvalue weighted by molar-refractivity contribution is -0.306. The third kappa shape index (κ3) is 17.9. The van der Waals surface area contributed by atoms with Crippen LogP contribution in [0.3, 0.4) is 0 Å². The van der Waals surface area contributed by atoms with Crippen LogP contribution < -0.4 is 44.0 Å². The number of imidazole rings is 1. The highest BCUT2D eigenvalue weighted by Crippen LogP contribution is 2.36. The maximum absolute atomic E-state index is 12.0. The average molecular weight is 1330 g/mol. The normalized spacial score (nSPS) is 31.5. The number of likely N-dealkylation sites (N-methyl/N-ethyl adjacent to an activating group) is 1. The van der Waals surface area contributed by atoms with E-state index in [2.05, 4.69) is 71.0 Å². The van der Waals surface area contributed by atoms with Crippen LogP contribution >= 0.6 is 0 Å². The number of fused-ring (bicyclic) bond motifs is 1. The molecule has 5 fully saturated rings. The second-order valence-electron chi connectivity index (χ2n) is 25.9. The number of rotatable bonds is 31. The van der Waals surface area contributed by atoms with E-state index in [0.717, 1.165) is 124 Å². The number of benzene rings is 2. The van der Waals surface area contributed by atoms with Gasteiger partial charge in [0.25, 0.3) is 0 Å². The van der Waals surface area contributed by atoms with Crippen molar-refractivity contribution in [2.24, 2.45) is 34.4 Å². The largest absolute Gasteiger partial charge is 0.487 e. The second-order valence-corrected chi connectivity index (χ2v) is 25.9. The van der Waals surface area contributed by atoms with Gasteiger partial charge in [-0.2, -0.15) is 0 Å². The van der Waals surface area contributed by atoms with E-state index in [9.17, 15) is 30.6 Å². The van der Waals surface area contributed by atoms with Gasteiger partial charge in [-0.05, 0) is 94.5 Å². The number of unbranched alkanes of at least 4 members (excludes halogenated alkanes) is 8. The number of hydrogen-bond acceptors (Lipinski definition) is 28. The van der Waals surface area contributed by atoms with Crippen LogP contribution in [0.25, 0.3) is 22.4 Å². The van der Waals surface area contributed by atoms with Crippen LogP contribution in [0.2, 0.25) is 0 Å². The van der Waals surface area contributed by atoms with Gasteiger partial charge < -0.3 is 113 Å². The van der Waals surface area contributed by atoms with E-state index in [1.54, 1.807) is 6.20 Å². The van der Waals surface area contributed by atoms with E-state index in [1.165, 1.54) is 36.1 Å². The van der Waals surface area contributed by atoms with Gasteiger partial charge in [0.1, 0.15) is 91.0 Å². The smallest absolute Gasteiger partial charge is 0.187 e. The van der Waals surface area contributed by atoms with Crippen LogP contribution in [0, 0.1) is 0 Å². The van der Waals surface area contributed by atoms with Crippen molar-refractivity contribution in [1.82, 2.24) is 59.8 Å². The number of aliphatic hydroxyl groups is 6. The number of ether oxygens (including phenoxy) is 7. The fraction of sp³-hybridized carbons (Fsp3) is 0.698.